The predicted octanol–water partition coefficient (Wildman–Crippen LogP) is 0.378. The highest BCUT2D eigenvalue weighted by atomic mass is 16.2. The van der Waals surface area contributed by atoms with Crippen LogP contribution >= 0.6 is 0 Å². The van der Waals surface area contributed by atoms with Gasteiger partial charge in [-0.25, -0.2) is 5.01 Å². The van der Waals surface area contributed by atoms with Gasteiger partial charge in [-0.1, -0.05) is 0 Å². The molecule has 0 atom stereocenters. The summed E-state index contributed by atoms with van der Waals surface area (Å²) in [6.07, 6.45) is 0. The lowest BCUT2D eigenvalue weighted by Gasteiger charge is -2.20. The first-order valence-electron chi connectivity index (χ1n) is 3.04. The van der Waals surface area contributed by atoms with Crippen LogP contribution in [0.5, 0.6) is 0 Å². The van der Waals surface area contributed by atoms with E-state index in [1.807, 2.05) is 20.9 Å². The predicted molar refractivity (Wildman–Crippen MR) is 36.7 cm³/mol. The van der Waals surface area contributed by atoms with Crippen LogP contribution in [0.15, 0.2) is 0 Å². The van der Waals surface area contributed by atoms with Gasteiger partial charge in [0.15, 0.2) is 0 Å². The maximum atomic E-state index is 10.4. The standard InChI is InChI=1S/C6H14N2O/c1-5(2)8(4)7-6(3)9/h5H,1-4H3,(H,7,9). The van der Waals surface area contributed by atoms with E-state index in [9.17, 15) is 4.79 Å². The number of nitrogens with zero attached hydrogens (tertiary/aromatic N) is 1. The summed E-state index contributed by atoms with van der Waals surface area (Å²) in [6, 6.07) is 0.355. The van der Waals surface area contributed by atoms with Gasteiger partial charge in [-0.2, -0.15) is 0 Å². The van der Waals surface area contributed by atoms with Gasteiger partial charge < -0.3 is 0 Å². The van der Waals surface area contributed by atoms with Crippen LogP contribution in [-0.4, -0.2) is 24.0 Å². The van der Waals surface area contributed by atoms with Crippen molar-refractivity contribution in [3.63, 3.8) is 0 Å². The van der Waals surface area contributed by atoms with Gasteiger partial charge in [-0.15, -0.1) is 0 Å². The van der Waals surface area contributed by atoms with E-state index >= 15 is 0 Å². The molecular formula is C6H14N2O. The monoisotopic (exact) mass is 130 g/mol. The Bertz CT molecular complexity index is 101. The first-order valence-corrected chi connectivity index (χ1v) is 3.04. The summed E-state index contributed by atoms with van der Waals surface area (Å²) in [5.74, 6) is -0.0220. The minimum Gasteiger partial charge on any atom is -0.289 e. The van der Waals surface area contributed by atoms with Crippen molar-refractivity contribution in [2.24, 2.45) is 0 Å². The van der Waals surface area contributed by atoms with Crippen molar-refractivity contribution in [2.45, 2.75) is 26.8 Å². The number of rotatable bonds is 2. The zero-order valence-corrected chi connectivity index (χ0v) is 6.43. The molecule has 0 aliphatic rings. The Morgan fingerprint density at radius 1 is 1.56 bits per heavy atom. The summed E-state index contributed by atoms with van der Waals surface area (Å²) in [6.45, 7) is 5.52. The number of nitrogens with one attached hydrogen (secondary N) is 1. The molecule has 3 heteroatoms. The fourth-order valence-corrected chi connectivity index (χ4v) is 0.377. The quantitative estimate of drug-likeness (QED) is 0.548. The van der Waals surface area contributed by atoms with Crippen molar-refractivity contribution in [3.8, 4) is 0 Å². The van der Waals surface area contributed by atoms with Crippen LogP contribution in [0.25, 0.3) is 0 Å². The molecule has 0 rings (SSSR count). The molecule has 0 aromatic heterocycles. The third kappa shape index (κ3) is 3.97. The Balaban J connectivity index is 3.50. The Morgan fingerprint density at radius 3 is 2.11 bits per heavy atom. The third-order valence-corrected chi connectivity index (χ3v) is 1.11. The third-order valence-electron chi connectivity index (χ3n) is 1.11. The van der Waals surface area contributed by atoms with Gasteiger partial charge in [-0.3, -0.25) is 10.2 Å². The molecule has 0 radical (unpaired) electrons. The molecule has 0 aromatic rings. The molecule has 1 amide bonds. The summed E-state index contributed by atoms with van der Waals surface area (Å²) >= 11 is 0. The molecule has 3 nitrogen and oxygen atoms in total. The highest BCUT2D eigenvalue weighted by Gasteiger charge is 2.01. The van der Waals surface area contributed by atoms with Crippen molar-refractivity contribution < 1.29 is 4.79 Å². The van der Waals surface area contributed by atoms with Crippen molar-refractivity contribution >= 4 is 5.91 Å². The van der Waals surface area contributed by atoms with E-state index in [2.05, 4.69) is 5.43 Å². The van der Waals surface area contributed by atoms with E-state index in [-0.39, 0.29) is 5.91 Å². The summed E-state index contributed by atoms with van der Waals surface area (Å²) < 4.78 is 0. The largest absolute Gasteiger partial charge is 0.289 e. The van der Waals surface area contributed by atoms with E-state index in [0.717, 1.165) is 0 Å². The minimum absolute atomic E-state index is 0.0220. The Hall–Kier alpha value is -0.570. The molecule has 0 bridgehead atoms. The van der Waals surface area contributed by atoms with E-state index in [4.69, 9.17) is 0 Å². The van der Waals surface area contributed by atoms with Crippen LogP contribution in [-0.2, 0) is 4.79 Å². The smallest absolute Gasteiger partial charge is 0.231 e. The fourth-order valence-electron chi connectivity index (χ4n) is 0.377. The number of hydrazine groups is 1. The van der Waals surface area contributed by atoms with Crippen LogP contribution in [0.4, 0.5) is 0 Å². The lowest BCUT2D eigenvalue weighted by atomic mass is 10.4. The summed E-state index contributed by atoms with van der Waals surface area (Å²) in [5.41, 5.74) is 2.64. The van der Waals surface area contributed by atoms with Gasteiger partial charge in [0.05, 0.1) is 0 Å². The van der Waals surface area contributed by atoms with Crippen LogP contribution < -0.4 is 5.43 Å². The zero-order valence-electron chi connectivity index (χ0n) is 6.43. The van der Waals surface area contributed by atoms with E-state index in [1.54, 1.807) is 5.01 Å². The molecule has 54 valence electrons. The average molecular weight is 130 g/mol. The van der Waals surface area contributed by atoms with Crippen molar-refractivity contribution in [2.75, 3.05) is 7.05 Å². The number of amides is 1. The Labute approximate surface area is 56.0 Å². The number of carbonyl (C=O) groups excluding carboxylic acids is 1. The van der Waals surface area contributed by atoms with Gasteiger partial charge >= 0.3 is 0 Å². The van der Waals surface area contributed by atoms with Gasteiger partial charge in [0, 0.05) is 20.0 Å². The maximum absolute atomic E-state index is 10.4. The van der Waals surface area contributed by atoms with Crippen LogP contribution in [0.2, 0.25) is 0 Å². The van der Waals surface area contributed by atoms with Gasteiger partial charge in [-0.05, 0) is 13.8 Å². The minimum atomic E-state index is -0.0220. The second-order valence-electron chi connectivity index (χ2n) is 2.37. The highest BCUT2D eigenvalue weighted by molar-refractivity contribution is 5.72. The SMILES string of the molecule is CC(=O)NN(C)C(C)C. The molecule has 0 saturated heterocycles. The number of carbonyl (C=O) groups is 1. The highest BCUT2D eigenvalue weighted by Crippen LogP contribution is 1.86. The molecule has 0 aliphatic carbocycles. The fraction of sp³-hybridized carbons (Fsp3) is 0.833. The summed E-state index contributed by atoms with van der Waals surface area (Å²) in [7, 11) is 1.84. The van der Waals surface area contributed by atoms with Crippen LogP contribution in [0.1, 0.15) is 20.8 Å². The number of hydrogen-bond acceptors (Lipinski definition) is 2. The van der Waals surface area contributed by atoms with Crippen molar-refractivity contribution in [1.29, 1.82) is 0 Å². The topological polar surface area (TPSA) is 32.3 Å². The molecule has 0 fully saturated rings. The second kappa shape index (κ2) is 3.45. The Kier molecular flexibility index (Phi) is 3.24. The van der Waals surface area contributed by atoms with Gasteiger partial charge in [0.1, 0.15) is 0 Å². The van der Waals surface area contributed by atoms with E-state index in [1.165, 1.54) is 6.92 Å². The zero-order chi connectivity index (χ0) is 7.44. The molecule has 0 aliphatic heterocycles. The van der Waals surface area contributed by atoms with Crippen molar-refractivity contribution in [3.05, 3.63) is 0 Å². The molecule has 0 spiro atoms. The molecule has 0 saturated carbocycles. The van der Waals surface area contributed by atoms with Crippen molar-refractivity contribution in [1.82, 2.24) is 10.4 Å². The summed E-state index contributed by atoms with van der Waals surface area (Å²) in [5, 5.41) is 1.77. The number of hydrogen-bond donors (Lipinski definition) is 1. The molecule has 9 heavy (non-hydrogen) atoms. The maximum Gasteiger partial charge on any atom is 0.231 e. The average Bonchev–Trinajstić information content (AvgIpc) is 1.63. The van der Waals surface area contributed by atoms with Crippen LogP contribution in [0, 0.1) is 0 Å². The molecule has 0 unspecified atom stereocenters. The van der Waals surface area contributed by atoms with Gasteiger partial charge in [0.2, 0.25) is 5.91 Å². The molecule has 0 heterocycles. The molecular weight excluding hydrogens is 116 g/mol. The van der Waals surface area contributed by atoms with Crippen LogP contribution in [0.3, 0.4) is 0 Å². The lowest BCUT2D eigenvalue weighted by Crippen LogP contribution is -2.42. The summed E-state index contributed by atoms with van der Waals surface area (Å²) in [4.78, 5) is 10.4. The van der Waals surface area contributed by atoms with E-state index < -0.39 is 0 Å². The Morgan fingerprint density at radius 2 is 2.00 bits per heavy atom. The first-order chi connectivity index (χ1) is 4.04. The molecule has 1 N–H and O–H groups in total. The lowest BCUT2D eigenvalue weighted by molar-refractivity contribution is -0.123. The second-order valence-corrected chi connectivity index (χ2v) is 2.37. The molecule has 0 aromatic carbocycles. The van der Waals surface area contributed by atoms with E-state index in [0.29, 0.717) is 6.04 Å². The van der Waals surface area contributed by atoms with Gasteiger partial charge in [0.25, 0.3) is 0 Å². The normalized spacial score (nSPS) is 10.4. The first kappa shape index (κ1) is 8.43.